The molecular formula is C19H28O2. The molecule has 0 unspecified atom stereocenters. The molecule has 116 valence electrons. The van der Waals surface area contributed by atoms with E-state index in [0.717, 1.165) is 19.3 Å². The molecule has 2 saturated carbocycles. The highest BCUT2D eigenvalue weighted by molar-refractivity contribution is 5.41. The maximum absolute atomic E-state index is 10.8. The fourth-order valence-electron chi connectivity index (χ4n) is 5.93. The Labute approximate surface area is 127 Å². The molecule has 0 radical (unpaired) electrons. The van der Waals surface area contributed by atoms with Gasteiger partial charge in [0.25, 0.3) is 0 Å². The van der Waals surface area contributed by atoms with Crippen molar-refractivity contribution >= 4 is 0 Å². The fourth-order valence-corrected chi connectivity index (χ4v) is 5.93. The summed E-state index contributed by atoms with van der Waals surface area (Å²) in [5, 5.41) is 20.8. The van der Waals surface area contributed by atoms with Crippen molar-refractivity contribution in [2.45, 2.75) is 71.0 Å². The van der Waals surface area contributed by atoms with Gasteiger partial charge < -0.3 is 10.2 Å². The van der Waals surface area contributed by atoms with E-state index in [1.165, 1.54) is 36.8 Å². The Kier molecular flexibility index (Phi) is 2.97. The molecule has 4 rings (SSSR count). The van der Waals surface area contributed by atoms with Crippen LogP contribution in [0, 0.1) is 22.7 Å². The molecule has 0 bridgehead atoms. The average Bonchev–Trinajstić information content (AvgIpc) is 2.82. The number of rotatable bonds is 0. The molecule has 4 aliphatic rings. The summed E-state index contributed by atoms with van der Waals surface area (Å²) in [6, 6.07) is 0. The lowest BCUT2D eigenvalue weighted by Gasteiger charge is -2.54. The highest BCUT2D eigenvalue weighted by Crippen LogP contribution is 2.62. The SMILES string of the molecule is C[C@]12CC[C@H](O)CC1=C[C@H](O)[C@@H]1C2=CC[C@]2(C)CCC[C@@H]12. The van der Waals surface area contributed by atoms with Gasteiger partial charge in [0, 0.05) is 11.3 Å². The molecule has 0 aromatic heterocycles. The Morgan fingerprint density at radius 1 is 1.14 bits per heavy atom. The van der Waals surface area contributed by atoms with Gasteiger partial charge in [0.2, 0.25) is 0 Å². The van der Waals surface area contributed by atoms with Gasteiger partial charge in [-0.3, -0.25) is 0 Å². The maximum Gasteiger partial charge on any atom is 0.0792 e. The molecule has 2 nitrogen and oxygen atoms in total. The van der Waals surface area contributed by atoms with Gasteiger partial charge in [-0.05, 0) is 49.9 Å². The second-order valence-electron chi connectivity index (χ2n) is 8.45. The minimum absolute atomic E-state index is 0.104. The van der Waals surface area contributed by atoms with E-state index in [2.05, 4.69) is 26.0 Å². The third-order valence-corrected chi connectivity index (χ3v) is 7.26. The molecule has 6 atom stereocenters. The molecule has 0 amide bonds. The van der Waals surface area contributed by atoms with E-state index in [1.54, 1.807) is 0 Å². The molecule has 0 heterocycles. The van der Waals surface area contributed by atoms with Crippen molar-refractivity contribution < 1.29 is 10.2 Å². The van der Waals surface area contributed by atoms with E-state index >= 15 is 0 Å². The van der Waals surface area contributed by atoms with Gasteiger partial charge in [-0.2, -0.15) is 0 Å². The largest absolute Gasteiger partial charge is 0.393 e. The first-order chi connectivity index (χ1) is 9.94. The van der Waals surface area contributed by atoms with Crippen molar-refractivity contribution in [3.05, 3.63) is 23.3 Å². The van der Waals surface area contributed by atoms with Crippen LogP contribution in [-0.4, -0.2) is 22.4 Å². The molecule has 0 aliphatic heterocycles. The first kappa shape index (κ1) is 14.0. The van der Waals surface area contributed by atoms with Gasteiger partial charge in [-0.25, -0.2) is 0 Å². The van der Waals surface area contributed by atoms with E-state index in [-0.39, 0.29) is 17.6 Å². The molecule has 0 spiro atoms. The third kappa shape index (κ3) is 1.85. The van der Waals surface area contributed by atoms with Crippen molar-refractivity contribution in [2.75, 3.05) is 0 Å². The Balaban J connectivity index is 1.79. The molecular weight excluding hydrogens is 260 g/mol. The molecule has 0 aromatic rings. The van der Waals surface area contributed by atoms with Gasteiger partial charge in [-0.1, -0.05) is 43.6 Å². The van der Waals surface area contributed by atoms with Gasteiger partial charge in [0.05, 0.1) is 12.2 Å². The van der Waals surface area contributed by atoms with Crippen LogP contribution in [0.1, 0.15) is 58.8 Å². The van der Waals surface area contributed by atoms with Crippen LogP contribution in [0.2, 0.25) is 0 Å². The zero-order valence-corrected chi connectivity index (χ0v) is 13.3. The van der Waals surface area contributed by atoms with Gasteiger partial charge in [-0.15, -0.1) is 0 Å². The van der Waals surface area contributed by atoms with Crippen LogP contribution in [0.3, 0.4) is 0 Å². The van der Waals surface area contributed by atoms with Crippen molar-refractivity contribution in [3.63, 3.8) is 0 Å². The minimum Gasteiger partial charge on any atom is -0.393 e. The summed E-state index contributed by atoms with van der Waals surface area (Å²) in [4.78, 5) is 0. The number of aliphatic hydroxyl groups excluding tert-OH is 2. The second-order valence-corrected chi connectivity index (χ2v) is 8.45. The van der Waals surface area contributed by atoms with E-state index in [0.29, 0.717) is 17.3 Å². The van der Waals surface area contributed by atoms with Crippen LogP contribution in [0.25, 0.3) is 0 Å². The minimum atomic E-state index is -0.340. The molecule has 21 heavy (non-hydrogen) atoms. The van der Waals surface area contributed by atoms with Crippen LogP contribution in [0.5, 0.6) is 0 Å². The summed E-state index contributed by atoms with van der Waals surface area (Å²) >= 11 is 0. The zero-order chi connectivity index (χ0) is 14.8. The Morgan fingerprint density at radius 3 is 2.76 bits per heavy atom. The molecule has 0 aromatic carbocycles. The Bertz CT molecular complexity index is 520. The quantitative estimate of drug-likeness (QED) is 0.669. The molecule has 2 fully saturated rings. The topological polar surface area (TPSA) is 40.5 Å². The monoisotopic (exact) mass is 288 g/mol. The number of aliphatic hydroxyl groups is 2. The van der Waals surface area contributed by atoms with Gasteiger partial charge in [0.1, 0.15) is 0 Å². The van der Waals surface area contributed by atoms with Crippen LogP contribution < -0.4 is 0 Å². The van der Waals surface area contributed by atoms with Crippen molar-refractivity contribution in [3.8, 4) is 0 Å². The molecule has 2 N–H and O–H groups in total. The summed E-state index contributed by atoms with van der Waals surface area (Å²) < 4.78 is 0. The number of fused-ring (bicyclic) bond motifs is 5. The van der Waals surface area contributed by atoms with E-state index in [1.807, 2.05) is 0 Å². The third-order valence-electron chi connectivity index (χ3n) is 7.26. The number of allylic oxidation sites excluding steroid dienone is 1. The first-order valence-corrected chi connectivity index (χ1v) is 8.72. The highest BCUT2D eigenvalue weighted by Gasteiger charge is 2.54. The lowest BCUT2D eigenvalue weighted by molar-refractivity contribution is 0.0354. The van der Waals surface area contributed by atoms with Crippen LogP contribution >= 0.6 is 0 Å². The first-order valence-electron chi connectivity index (χ1n) is 8.72. The number of hydrogen-bond donors (Lipinski definition) is 2. The van der Waals surface area contributed by atoms with Gasteiger partial charge >= 0.3 is 0 Å². The van der Waals surface area contributed by atoms with Gasteiger partial charge in [0.15, 0.2) is 0 Å². The van der Waals surface area contributed by atoms with Crippen molar-refractivity contribution in [2.24, 2.45) is 22.7 Å². The van der Waals surface area contributed by atoms with Crippen molar-refractivity contribution in [1.82, 2.24) is 0 Å². The van der Waals surface area contributed by atoms with Crippen molar-refractivity contribution in [1.29, 1.82) is 0 Å². The molecule has 4 aliphatic carbocycles. The summed E-state index contributed by atoms with van der Waals surface area (Å²) in [5.74, 6) is 0.976. The van der Waals surface area contributed by atoms with E-state index < -0.39 is 0 Å². The predicted octanol–water partition coefficient (Wildman–Crippen LogP) is 3.59. The lowest BCUT2D eigenvalue weighted by atomic mass is 9.52. The normalized spacial score (nSPS) is 52.4. The standard InChI is InChI=1S/C19H28O2/c1-18-7-3-4-14(18)17-15(6-8-18)19(2)9-5-13(20)10-12(19)11-16(17)21/h6,11,13-14,16-17,20-21H,3-5,7-10H2,1-2H3/t13-,14-,16-,17-,18-,19-/m0/s1. The molecule has 0 saturated heterocycles. The fraction of sp³-hybridized carbons (Fsp3) is 0.789. The number of hydrogen-bond acceptors (Lipinski definition) is 2. The van der Waals surface area contributed by atoms with Crippen LogP contribution in [0.15, 0.2) is 23.3 Å². The van der Waals surface area contributed by atoms with Crippen LogP contribution in [-0.2, 0) is 0 Å². The average molecular weight is 288 g/mol. The smallest absolute Gasteiger partial charge is 0.0792 e. The summed E-state index contributed by atoms with van der Waals surface area (Å²) in [7, 11) is 0. The highest BCUT2D eigenvalue weighted by atomic mass is 16.3. The predicted molar refractivity (Wildman–Crippen MR) is 83.7 cm³/mol. The summed E-state index contributed by atoms with van der Waals surface area (Å²) in [5.41, 5.74) is 3.31. The van der Waals surface area contributed by atoms with Crippen LogP contribution in [0.4, 0.5) is 0 Å². The lowest BCUT2D eigenvalue weighted by Crippen LogP contribution is -2.48. The molecule has 2 heteroatoms. The maximum atomic E-state index is 10.8. The Morgan fingerprint density at radius 2 is 1.95 bits per heavy atom. The summed E-state index contributed by atoms with van der Waals surface area (Å²) in [6.45, 7) is 4.78. The van der Waals surface area contributed by atoms with E-state index in [9.17, 15) is 10.2 Å². The van der Waals surface area contributed by atoms with E-state index in [4.69, 9.17) is 0 Å². The summed E-state index contributed by atoms with van der Waals surface area (Å²) in [6.07, 6.45) is 11.8. The Hall–Kier alpha value is -0.600. The second kappa shape index (κ2) is 4.45. The zero-order valence-electron chi connectivity index (χ0n) is 13.3.